The maximum atomic E-state index is 12.0. The van der Waals surface area contributed by atoms with Gasteiger partial charge in [-0.25, -0.2) is 0 Å². The van der Waals surface area contributed by atoms with Gasteiger partial charge in [0.2, 0.25) is 0 Å². The first-order valence-corrected chi connectivity index (χ1v) is 6.69. The van der Waals surface area contributed by atoms with Crippen molar-refractivity contribution in [2.45, 2.75) is 31.4 Å². The molecule has 1 aliphatic carbocycles. The van der Waals surface area contributed by atoms with Gasteiger partial charge in [0.1, 0.15) is 11.5 Å². The number of hydrogen-bond acceptors (Lipinski definition) is 5. The van der Waals surface area contributed by atoms with Crippen LogP contribution in [0, 0.1) is 10.1 Å². The van der Waals surface area contributed by atoms with Crippen LogP contribution < -0.4 is 0 Å². The molecule has 100 valence electrons. The summed E-state index contributed by atoms with van der Waals surface area (Å²) >= 11 is 3.16. The van der Waals surface area contributed by atoms with Crippen molar-refractivity contribution in [2.75, 3.05) is 0 Å². The quantitative estimate of drug-likeness (QED) is 0.616. The number of nitrogens with zero attached hydrogens (tertiary/aromatic N) is 1. The minimum absolute atomic E-state index is 0.0804. The maximum Gasteiger partial charge on any atom is 0.367 e. The normalized spacial score (nSPS) is 26.3. The van der Waals surface area contributed by atoms with E-state index in [1.54, 1.807) is 12.1 Å². The zero-order chi connectivity index (χ0) is 13.6. The molecular weight excluding hydrogens is 318 g/mol. The number of halogens is 1. The van der Waals surface area contributed by atoms with E-state index in [1.165, 1.54) is 0 Å². The highest BCUT2D eigenvalue weighted by Gasteiger charge is 2.50. The van der Waals surface area contributed by atoms with Crippen LogP contribution >= 0.6 is 15.9 Å². The Labute approximate surface area is 116 Å². The first-order chi connectivity index (χ1) is 9.08. The molecule has 1 aromatic rings. The number of carbonyl (C=O) groups excluding carboxylic acids is 1. The Morgan fingerprint density at radius 2 is 2.16 bits per heavy atom. The summed E-state index contributed by atoms with van der Waals surface area (Å²) < 4.78 is 11.2. The van der Waals surface area contributed by atoms with Gasteiger partial charge in [0, 0.05) is 12.8 Å². The summed E-state index contributed by atoms with van der Waals surface area (Å²) in [5.41, 5.74) is 0.412. The van der Waals surface area contributed by atoms with Crippen LogP contribution in [0.4, 0.5) is 0 Å². The number of Topliss-reactive ketones (excluding diaryl/α,β-unsaturated/α-hetero) is 1. The van der Waals surface area contributed by atoms with Gasteiger partial charge in [0.05, 0.1) is 10.5 Å². The van der Waals surface area contributed by atoms with Gasteiger partial charge in [-0.1, -0.05) is 0 Å². The average molecular weight is 328 g/mol. The van der Waals surface area contributed by atoms with Crippen LogP contribution in [-0.4, -0.2) is 16.9 Å². The van der Waals surface area contributed by atoms with Crippen molar-refractivity contribution in [2.24, 2.45) is 0 Å². The Balaban J connectivity index is 2.07. The molecule has 0 saturated heterocycles. The molecule has 6 nitrogen and oxygen atoms in total. The lowest BCUT2D eigenvalue weighted by molar-refractivity contribution is -0.570. The third-order valence-electron chi connectivity index (χ3n) is 3.38. The van der Waals surface area contributed by atoms with Crippen LogP contribution in [0.15, 0.2) is 32.6 Å². The van der Waals surface area contributed by atoms with E-state index in [-0.39, 0.29) is 5.78 Å². The largest absolute Gasteiger partial charge is 0.453 e. The fraction of sp³-hybridized carbons (Fsp3) is 0.417. The second-order valence-corrected chi connectivity index (χ2v) is 5.31. The van der Waals surface area contributed by atoms with E-state index in [4.69, 9.17) is 9.15 Å². The van der Waals surface area contributed by atoms with E-state index in [0.29, 0.717) is 41.0 Å². The predicted octanol–water partition coefficient (Wildman–Crippen LogP) is 2.77. The highest BCUT2D eigenvalue weighted by molar-refractivity contribution is 9.10. The van der Waals surface area contributed by atoms with Gasteiger partial charge in [0.15, 0.2) is 16.4 Å². The van der Waals surface area contributed by atoms with Crippen LogP contribution in [0.3, 0.4) is 0 Å². The molecule has 0 fully saturated rings. The zero-order valence-corrected chi connectivity index (χ0v) is 11.4. The molecule has 2 unspecified atom stereocenters. The molecule has 2 atom stereocenters. The number of ketones is 1. The lowest BCUT2D eigenvalue weighted by Gasteiger charge is -2.13. The van der Waals surface area contributed by atoms with Crippen molar-refractivity contribution < 1.29 is 18.9 Å². The molecule has 1 aromatic heterocycles. The molecule has 0 radical (unpaired) electrons. The van der Waals surface area contributed by atoms with E-state index >= 15 is 0 Å². The summed E-state index contributed by atoms with van der Waals surface area (Å²) in [4.78, 5) is 22.6. The fourth-order valence-electron chi connectivity index (χ4n) is 2.60. The van der Waals surface area contributed by atoms with Crippen LogP contribution in [0.1, 0.15) is 30.9 Å². The highest BCUT2D eigenvalue weighted by atomic mass is 79.9. The van der Waals surface area contributed by atoms with Gasteiger partial charge in [0.25, 0.3) is 0 Å². The van der Waals surface area contributed by atoms with Crippen molar-refractivity contribution in [3.8, 4) is 0 Å². The van der Waals surface area contributed by atoms with Gasteiger partial charge >= 0.3 is 6.23 Å². The molecule has 0 spiro atoms. The van der Waals surface area contributed by atoms with Gasteiger partial charge in [-0.05, 0) is 34.5 Å². The number of allylic oxidation sites excluding steroid dienone is 1. The third kappa shape index (κ3) is 1.98. The zero-order valence-electron chi connectivity index (χ0n) is 9.80. The molecule has 2 heterocycles. The highest BCUT2D eigenvalue weighted by Crippen LogP contribution is 2.44. The van der Waals surface area contributed by atoms with Crippen molar-refractivity contribution >= 4 is 21.7 Å². The molecule has 0 saturated carbocycles. The number of furan rings is 1. The summed E-state index contributed by atoms with van der Waals surface area (Å²) in [6, 6.07) is 3.28. The molecule has 0 amide bonds. The molecule has 1 aliphatic heterocycles. The molecular formula is C12H10BrNO5. The van der Waals surface area contributed by atoms with Crippen LogP contribution in [0.2, 0.25) is 0 Å². The number of carbonyl (C=O) groups is 1. The van der Waals surface area contributed by atoms with Crippen LogP contribution in [0.25, 0.3) is 0 Å². The van der Waals surface area contributed by atoms with Gasteiger partial charge < -0.3 is 9.15 Å². The molecule has 0 bridgehead atoms. The van der Waals surface area contributed by atoms with E-state index in [1.807, 2.05) is 0 Å². The third-order valence-corrected chi connectivity index (χ3v) is 3.80. The lowest BCUT2D eigenvalue weighted by atomic mass is 9.86. The minimum atomic E-state index is -1.27. The Morgan fingerprint density at radius 3 is 2.79 bits per heavy atom. The van der Waals surface area contributed by atoms with Crippen LogP contribution in [-0.2, 0) is 9.53 Å². The second-order valence-electron chi connectivity index (χ2n) is 4.53. The van der Waals surface area contributed by atoms with Crippen molar-refractivity contribution in [1.82, 2.24) is 0 Å². The smallest absolute Gasteiger partial charge is 0.367 e. The van der Waals surface area contributed by atoms with Gasteiger partial charge in [-0.15, -0.1) is 0 Å². The summed E-state index contributed by atoms with van der Waals surface area (Å²) in [5.74, 6) is 0.0107. The first kappa shape index (κ1) is 12.4. The number of rotatable bonds is 2. The first-order valence-electron chi connectivity index (χ1n) is 5.89. The Kier molecular flexibility index (Phi) is 2.93. The Morgan fingerprint density at radius 1 is 1.37 bits per heavy atom. The van der Waals surface area contributed by atoms with Crippen molar-refractivity contribution in [3.05, 3.63) is 44.0 Å². The molecule has 7 heteroatoms. The number of ether oxygens (including phenoxy) is 1. The lowest BCUT2D eigenvalue weighted by Crippen LogP contribution is -2.27. The molecule has 0 aromatic carbocycles. The summed E-state index contributed by atoms with van der Waals surface area (Å²) in [6.45, 7) is 0. The summed E-state index contributed by atoms with van der Waals surface area (Å²) in [6.07, 6.45) is 0.385. The Hall–Kier alpha value is -1.63. The van der Waals surface area contributed by atoms with Crippen molar-refractivity contribution in [1.29, 1.82) is 0 Å². The molecule has 2 aliphatic rings. The second kappa shape index (κ2) is 4.48. The van der Waals surface area contributed by atoms with E-state index in [9.17, 15) is 14.9 Å². The average Bonchev–Trinajstić information content (AvgIpc) is 2.93. The minimum Gasteiger partial charge on any atom is -0.453 e. The van der Waals surface area contributed by atoms with Gasteiger partial charge in [-0.2, -0.15) is 0 Å². The maximum absolute atomic E-state index is 12.0. The molecule has 0 N–H and O–H groups in total. The Bertz CT molecular complexity index is 591. The van der Waals surface area contributed by atoms with Crippen molar-refractivity contribution in [3.63, 3.8) is 0 Å². The van der Waals surface area contributed by atoms with E-state index in [0.717, 1.165) is 0 Å². The molecule has 19 heavy (non-hydrogen) atoms. The SMILES string of the molecule is O=C1CCCC2=C1C(c1ccc(Br)o1)C([N+](=O)[O-])O2. The molecule has 3 rings (SSSR count). The number of hydrogen-bond donors (Lipinski definition) is 0. The van der Waals surface area contributed by atoms with E-state index in [2.05, 4.69) is 15.9 Å². The summed E-state index contributed by atoms with van der Waals surface area (Å²) in [5, 5.41) is 11.1. The predicted molar refractivity (Wildman–Crippen MR) is 66.9 cm³/mol. The monoisotopic (exact) mass is 327 g/mol. The van der Waals surface area contributed by atoms with Gasteiger partial charge in [-0.3, -0.25) is 14.9 Å². The summed E-state index contributed by atoms with van der Waals surface area (Å²) in [7, 11) is 0. The van der Waals surface area contributed by atoms with Crippen LogP contribution in [0.5, 0.6) is 0 Å². The number of nitro groups is 1. The van der Waals surface area contributed by atoms with E-state index < -0.39 is 17.1 Å². The standard InChI is InChI=1S/C12H10BrNO5/c13-9-5-4-8(18-9)11-10-6(15)2-1-3-7(10)19-12(11)14(16)17/h4-5,11-12H,1-3H2. The topological polar surface area (TPSA) is 82.6 Å². The fourth-order valence-corrected chi connectivity index (χ4v) is 2.92.